The fourth-order valence-electron chi connectivity index (χ4n) is 3.77. The van der Waals surface area contributed by atoms with E-state index < -0.39 is 0 Å². The molecule has 0 bridgehead atoms. The van der Waals surface area contributed by atoms with Crippen molar-refractivity contribution in [2.75, 3.05) is 69.2 Å². The van der Waals surface area contributed by atoms with Crippen LogP contribution in [0.1, 0.15) is 0 Å². The second kappa shape index (κ2) is 11.7. The number of hydrogen-bond donors (Lipinski definition) is 3. The highest BCUT2D eigenvalue weighted by Crippen LogP contribution is 2.38. The van der Waals surface area contributed by atoms with Crippen LogP contribution in [0, 0.1) is 0 Å². The van der Waals surface area contributed by atoms with Gasteiger partial charge in [0.1, 0.15) is 10.6 Å². The number of amides is 1. The second-order valence-electron chi connectivity index (χ2n) is 8.63. The maximum atomic E-state index is 12.2. The number of ether oxygens (including phenoxy) is 1. The molecule has 200 valence electrons. The SMILES string of the molecule is C=CC(=O)Nc1cc(Nc2nccc(-n3nc(NC)c4cc(Cl)sc43)n2)c(OC)cc1N(C)CCN(C)C. The predicted molar refractivity (Wildman–Crippen MR) is 156 cm³/mol. The molecule has 38 heavy (non-hydrogen) atoms. The molecule has 3 aromatic heterocycles. The second-order valence-corrected chi connectivity index (χ2v) is 10.3. The van der Waals surface area contributed by atoms with Gasteiger partial charge in [-0.3, -0.25) is 4.79 Å². The fourth-order valence-corrected chi connectivity index (χ4v) is 4.95. The Morgan fingerprint density at radius 1 is 1.24 bits per heavy atom. The lowest BCUT2D eigenvalue weighted by Gasteiger charge is -2.26. The molecule has 11 nitrogen and oxygen atoms in total. The van der Waals surface area contributed by atoms with Gasteiger partial charge >= 0.3 is 0 Å². The first-order chi connectivity index (χ1) is 18.2. The van der Waals surface area contributed by atoms with Gasteiger partial charge in [-0.05, 0) is 32.3 Å². The number of nitrogens with one attached hydrogen (secondary N) is 3. The minimum atomic E-state index is -0.320. The highest BCUT2D eigenvalue weighted by atomic mass is 35.5. The van der Waals surface area contributed by atoms with Gasteiger partial charge in [-0.15, -0.1) is 16.4 Å². The average molecular weight is 556 g/mol. The Kier molecular flexibility index (Phi) is 8.35. The summed E-state index contributed by atoms with van der Waals surface area (Å²) in [5, 5.41) is 14.7. The zero-order valence-corrected chi connectivity index (χ0v) is 23.4. The lowest BCUT2D eigenvalue weighted by atomic mass is 10.2. The number of aromatic nitrogens is 4. The smallest absolute Gasteiger partial charge is 0.247 e. The number of fused-ring (bicyclic) bond motifs is 1. The number of benzene rings is 1. The number of rotatable bonds is 11. The first kappa shape index (κ1) is 27.2. The molecule has 13 heteroatoms. The van der Waals surface area contributed by atoms with Crippen LogP contribution in [-0.2, 0) is 4.79 Å². The number of nitrogens with zero attached hydrogens (tertiary/aromatic N) is 6. The molecule has 4 aromatic rings. The monoisotopic (exact) mass is 555 g/mol. The van der Waals surface area contributed by atoms with Crippen LogP contribution in [0.3, 0.4) is 0 Å². The van der Waals surface area contributed by atoms with E-state index in [0.717, 1.165) is 29.0 Å². The number of carbonyl (C=O) groups excluding carboxylic acids is 1. The summed E-state index contributed by atoms with van der Waals surface area (Å²) in [6, 6.07) is 7.30. The van der Waals surface area contributed by atoms with E-state index >= 15 is 0 Å². The molecule has 4 rings (SSSR count). The van der Waals surface area contributed by atoms with E-state index in [1.54, 1.807) is 37.2 Å². The summed E-state index contributed by atoms with van der Waals surface area (Å²) in [5.74, 6) is 1.83. The number of methoxy groups -OCH3 is 1. The fraction of sp³-hybridized carbons (Fsp3) is 0.280. The number of likely N-dealkylation sites (N-methyl/N-ethyl adjacent to an activating group) is 2. The molecule has 0 unspecified atom stereocenters. The number of carbonyl (C=O) groups is 1. The van der Waals surface area contributed by atoms with E-state index in [2.05, 4.69) is 47.4 Å². The highest BCUT2D eigenvalue weighted by Gasteiger charge is 2.18. The van der Waals surface area contributed by atoms with Gasteiger partial charge in [0.25, 0.3) is 0 Å². The van der Waals surface area contributed by atoms with E-state index in [1.807, 2.05) is 33.3 Å². The molecule has 0 aliphatic heterocycles. The van der Waals surface area contributed by atoms with Crippen LogP contribution in [-0.4, -0.2) is 78.9 Å². The average Bonchev–Trinajstić information content (AvgIpc) is 3.44. The lowest BCUT2D eigenvalue weighted by molar-refractivity contribution is -0.111. The van der Waals surface area contributed by atoms with Crippen LogP contribution in [0.2, 0.25) is 4.34 Å². The van der Waals surface area contributed by atoms with Gasteiger partial charge in [-0.25, -0.2) is 9.67 Å². The van der Waals surface area contributed by atoms with E-state index in [-0.39, 0.29) is 5.91 Å². The molecule has 1 amide bonds. The third kappa shape index (κ3) is 5.82. The van der Waals surface area contributed by atoms with Gasteiger partial charge in [0.2, 0.25) is 11.9 Å². The van der Waals surface area contributed by atoms with Gasteiger partial charge < -0.3 is 30.5 Å². The third-order valence-electron chi connectivity index (χ3n) is 5.73. The largest absolute Gasteiger partial charge is 0.494 e. The van der Waals surface area contributed by atoms with Gasteiger partial charge in [0.05, 0.1) is 33.9 Å². The minimum absolute atomic E-state index is 0.320. The van der Waals surface area contributed by atoms with Gasteiger partial charge in [-0.1, -0.05) is 18.2 Å². The van der Waals surface area contributed by atoms with Crippen molar-refractivity contribution in [3.8, 4) is 11.6 Å². The zero-order chi connectivity index (χ0) is 27.4. The normalized spacial score (nSPS) is 11.0. The van der Waals surface area contributed by atoms with E-state index in [1.165, 1.54) is 17.4 Å². The summed E-state index contributed by atoms with van der Waals surface area (Å²) >= 11 is 7.68. The molecule has 3 heterocycles. The quantitative estimate of drug-likeness (QED) is 0.231. The van der Waals surface area contributed by atoms with Crippen LogP contribution >= 0.6 is 22.9 Å². The minimum Gasteiger partial charge on any atom is -0.494 e. The van der Waals surface area contributed by atoms with Crippen molar-refractivity contribution < 1.29 is 9.53 Å². The molecule has 0 saturated heterocycles. The number of halogens is 1. The molecule has 0 aliphatic carbocycles. The maximum Gasteiger partial charge on any atom is 0.247 e. The predicted octanol–water partition coefficient (Wildman–Crippen LogP) is 4.45. The Morgan fingerprint density at radius 3 is 2.71 bits per heavy atom. The molecule has 0 spiro atoms. The molecule has 0 fully saturated rings. The Morgan fingerprint density at radius 2 is 2.03 bits per heavy atom. The van der Waals surface area contributed by atoms with Gasteiger partial charge in [0.15, 0.2) is 11.6 Å². The van der Waals surface area contributed by atoms with Crippen LogP contribution in [0.5, 0.6) is 5.75 Å². The van der Waals surface area contributed by atoms with Crippen LogP contribution < -0.4 is 25.6 Å². The third-order valence-corrected chi connectivity index (χ3v) is 6.97. The van der Waals surface area contributed by atoms with Crippen molar-refractivity contribution in [2.24, 2.45) is 0 Å². The summed E-state index contributed by atoms with van der Waals surface area (Å²) in [6.07, 6.45) is 2.87. The molecule has 1 aromatic carbocycles. The van der Waals surface area contributed by atoms with E-state index in [0.29, 0.717) is 39.0 Å². The van der Waals surface area contributed by atoms with Crippen LogP contribution in [0.15, 0.2) is 43.1 Å². The van der Waals surface area contributed by atoms with E-state index in [4.69, 9.17) is 16.3 Å². The summed E-state index contributed by atoms with van der Waals surface area (Å²) in [5.41, 5.74) is 1.97. The van der Waals surface area contributed by atoms with Crippen molar-refractivity contribution in [2.45, 2.75) is 0 Å². The van der Waals surface area contributed by atoms with Crippen molar-refractivity contribution in [3.05, 3.63) is 47.5 Å². The Labute approximate surface area is 230 Å². The standard InChI is InChI=1S/C25H30ClN9O2S/c1-7-22(36)29-16-13-17(19(37-6)14-18(16)34(5)11-10-33(3)4)30-25-28-9-8-21(31-25)35-24-15(12-20(26)38-24)23(27-2)32-35/h7-9,12-14H,1,10-11H2,2-6H3,(H,27,32)(H,29,36)(H,28,30,31). The molecular formula is C25H30ClN9O2S. The lowest BCUT2D eigenvalue weighted by Crippen LogP contribution is -2.29. The molecule has 0 aliphatic rings. The summed E-state index contributed by atoms with van der Waals surface area (Å²) in [7, 11) is 9.38. The van der Waals surface area contributed by atoms with Crippen LogP contribution in [0.25, 0.3) is 16.0 Å². The van der Waals surface area contributed by atoms with Crippen molar-refractivity contribution in [3.63, 3.8) is 0 Å². The van der Waals surface area contributed by atoms with Crippen molar-refractivity contribution in [1.29, 1.82) is 0 Å². The molecular weight excluding hydrogens is 526 g/mol. The van der Waals surface area contributed by atoms with Crippen molar-refractivity contribution >= 4 is 67.9 Å². The number of hydrogen-bond acceptors (Lipinski definition) is 10. The highest BCUT2D eigenvalue weighted by molar-refractivity contribution is 7.22. The first-order valence-corrected chi connectivity index (χ1v) is 12.9. The van der Waals surface area contributed by atoms with Crippen molar-refractivity contribution in [1.82, 2.24) is 24.6 Å². The van der Waals surface area contributed by atoms with E-state index in [9.17, 15) is 4.79 Å². The number of anilines is 5. The Bertz CT molecular complexity index is 1470. The molecule has 3 N–H and O–H groups in total. The zero-order valence-electron chi connectivity index (χ0n) is 21.9. The summed E-state index contributed by atoms with van der Waals surface area (Å²) in [4.78, 5) is 26.3. The Balaban J connectivity index is 1.71. The molecule has 0 radical (unpaired) electrons. The Hall–Kier alpha value is -3.87. The molecule has 0 atom stereocenters. The topological polar surface area (TPSA) is 112 Å². The van der Waals surface area contributed by atoms with Gasteiger partial charge in [-0.2, -0.15) is 4.98 Å². The maximum absolute atomic E-state index is 12.2. The van der Waals surface area contributed by atoms with Gasteiger partial charge in [0, 0.05) is 45.5 Å². The van der Waals surface area contributed by atoms with Crippen LogP contribution in [0.4, 0.5) is 28.8 Å². The molecule has 0 saturated carbocycles. The number of thiophene rings is 1. The summed E-state index contributed by atoms with van der Waals surface area (Å²) < 4.78 is 8.07. The first-order valence-electron chi connectivity index (χ1n) is 11.7. The summed E-state index contributed by atoms with van der Waals surface area (Å²) in [6.45, 7) is 5.15.